The number of rotatable bonds is 4. The summed E-state index contributed by atoms with van der Waals surface area (Å²) in [5.41, 5.74) is 1.67. The van der Waals surface area contributed by atoms with Crippen molar-refractivity contribution in [2.45, 2.75) is 38.8 Å². The third kappa shape index (κ3) is 3.52. The zero-order valence-corrected chi connectivity index (χ0v) is 13.6. The quantitative estimate of drug-likeness (QED) is 0.861. The van der Waals surface area contributed by atoms with Gasteiger partial charge in [-0.3, -0.25) is 9.78 Å². The third-order valence-electron chi connectivity index (χ3n) is 4.02. The van der Waals surface area contributed by atoms with Crippen LogP contribution in [0.5, 0.6) is 5.75 Å². The van der Waals surface area contributed by atoms with Crippen molar-refractivity contribution in [3.8, 4) is 5.75 Å². The van der Waals surface area contributed by atoms with Crippen LogP contribution in [0.25, 0.3) is 0 Å². The van der Waals surface area contributed by atoms with Crippen molar-refractivity contribution in [2.24, 2.45) is 0 Å². The summed E-state index contributed by atoms with van der Waals surface area (Å²) in [6.07, 6.45) is 3.90. The Morgan fingerprint density at radius 1 is 1.22 bits per heavy atom. The van der Waals surface area contributed by atoms with Crippen LogP contribution in [0, 0.1) is 0 Å². The second kappa shape index (κ2) is 6.82. The lowest BCUT2D eigenvalue weighted by molar-refractivity contribution is 0.0733. The van der Waals surface area contributed by atoms with Crippen LogP contribution in [0.1, 0.15) is 48.8 Å². The van der Waals surface area contributed by atoms with E-state index < -0.39 is 0 Å². The van der Waals surface area contributed by atoms with E-state index in [1.165, 1.54) is 0 Å². The minimum atomic E-state index is 0.0641. The smallest absolute Gasteiger partial charge is 0.254 e. The van der Waals surface area contributed by atoms with E-state index in [4.69, 9.17) is 4.74 Å². The van der Waals surface area contributed by atoms with E-state index >= 15 is 0 Å². The van der Waals surface area contributed by atoms with Gasteiger partial charge in [0.1, 0.15) is 5.75 Å². The van der Waals surface area contributed by atoms with Crippen LogP contribution in [0.3, 0.4) is 0 Å². The molecular formula is C19H22N2O2. The highest BCUT2D eigenvalue weighted by Gasteiger charge is 2.31. The Hall–Kier alpha value is -2.36. The molecule has 0 N–H and O–H groups in total. The van der Waals surface area contributed by atoms with Crippen molar-refractivity contribution in [3.63, 3.8) is 0 Å². The summed E-state index contributed by atoms with van der Waals surface area (Å²) in [4.78, 5) is 19.2. The van der Waals surface area contributed by atoms with Gasteiger partial charge in [-0.1, -0.05) is 6.07 Å². The molecule has 4 heteroatoms. The Morgan fingerprint density at radius 3 is 2.65 bits per heavy atom. The molecule has 1 aromatic carbocycles. The molecular weight excluding hydrogens is 288 g/mol. The molecule has 1 saturated heterocycles. The number of nitrogens with zero attached hydrogens (tertiary/aromatic N) is 2. The first-order valence-corrected chi connectivity index (χ1v) is 8.14. The summed E-state index contributed by atoms with van der Waals surface area (Å²) in [7, 11) is 0. The van der Waals surface area contributed by atoms with Gasteiger partial charge in [-0.05, 0) is 63.1 Å². The first-order chi connectivity index (χ1) is 11.1. The molecule has 0 spiro atoms. The van der Waals surface area contributed by atoms with Gasteiger partial charge in [0.15, 0.2) is 0 Å². The Balaban J connectivity index is 1.76. The van der Waals surface area contributed by atoms with E-state index in [2.05, 4.69) is 4.98 Å². The molecule has 0 aliphatic carbocycles. The van der Waals surface area contributed by atoms with Crippen LogP contribution in [0.15, 0.2) is 48.7 Å². The first kappa shape index (κ1) is 15.5. The molecule has 4 nitrogen and oxygen atoms in total. The lowest BCUT2D eigenvalue weighted by Crippen LogP contribution is -2.30. The highest BCUT2D eigenvalue weighted by Crippen LogP contribution is 2.32. The van der Waals surface area contributed by atoms with Gasteiger partial charge in [-0.25, -0.2) is 0 Å². The van der Waals surface area contributed by atoms with Crippen molar-refractivity contribution in [3.05, 3.63) is 59.9 Å². The van der Waals surface area contributed by atoms with E-state index in [1.54, 1.807) is 6.20 Å². The maximum Gasteiger partial charge on any atom is 0.254 e. The van der Waals surface area contributed by atoms with Crippen LogP contribution < -0.4 is 4.74 Å². The average molecular weight is 310 g/mol. The normalized spacial score (nSPS) is 17.5. The summed E-state index contributed by atoms with van der Waals surface area (Å²) in [5.74, 6) is 0.855. The highest BCUT2D eigenvalue weighted by atomic mass is 16.5. The predicted octanol–water partition coefficient (Wildman–Crippen LogP) is 3.85. The number of aromatic nitrogens is 1. The number of amides is 1. The Kier molecular flexibility index (Phi) is 4.60. The molecule has 1 aromatic heterocycles. The number of carbonyl (C=O) groups excluding carboxylic acids is 1. The van der Waals surface area contributed by atoms with Crippen molar-refractivity contribution in [1.82, 2.24) is 9.88 Å². The zero-order valence-electron chi connectivity index (χ0n) is 13.6. The molecule has 0 bridgehead atoms. The van der Waals surface area contributed by atoms with Crippen LogP contribution in [-0.2, 0) is 0 Å². The van der Waals surface area contributed by atoms with E-state index in [-0.39, 0.29) is 18.1 Å². The second-order valence-electron chi connectivity index (χ2n) is 6.10. The topological polar surface area (TPSA) is 42.4 Å². The lowest BCUT2D eigenvalue weighted by atomic mass is 10.1. The average Bonchev–Trinajstić information content (AvgIpc) is 3.05. The maximum atomic E-state index is 12.8. The van der Waals surface area contributed by atoms with Gasteiger partial charge in [-0.2, -0.15) is 0 Å². The summed E-state index contributed by atoms with van der Waals surface area (Å²) < 4.78 is 5.63. The minimum absolute atomic E-state index is 0.0641. The molecule has 3 rings (SSSR count). The van der Waals surface area contributed by atoms with Crippen molar-refractivity contribution >= 4 is 5.91 Å². The fourth-order valence-corrected chi connectivity index (χ4v) is 3.00. The standard InChI is InChI=1S/C19H22N2O2/c1-14(2)23-16-10-8-15(9-11-16)19(22)21-13-5-7-18(21)17-6-3-4-12-20-17/h3-4,6,8-12,14,18H,5,7,13H2,1-2H3/t18-/m1/s1. The molecule has 1 fully saturated rings. The number of ether oxygens (including phenoxy) is 1. The van der Waals surface area contributed by atoms with E-state index in [0.717, 1.165) is 30.8 Å². The number of pyridine rings is 1. The van der Waals surface area contributed by atoms with Gasteiger partial charge < -0.3 is 9.64 Å². The highest BCUT2D eigenvalue weighted by molar-refractivity contribution is 5.94. The number of likely N-dealkylation sites (tertiary alicyclic amines) is 1. The molecule has 0 unspecified atom stereocenters. The Bertz CT molecular complexity index is 653. The molecule has 0 radical (unpaired) electrons. The Morgan fingerprint density at radius 2 is 2.00 bits per heavy atom. The molecule has 1 amide bonds. The van der Waals surface area contributed by atoms with Gasteiger partial charge in [0.2, 0.25) is 0 Å². The van der Waals surface area contributed by atoms with Crippen LogP contribution >= 0.6 is 0 Å². The fraction of sp³-hybridized carbons (Fsp3) is 0.368. The molecule has 2 aromatic rings. The molecule has 120 valence electrons. The van der Waals surface area contributed by atoms with E-state index in [9.17, 15) is 4.79 Å². The van der Waals surface area contributed by atoms with E-state index in [1.807, 2.05) is 61.2 Å². The maximum absolute atomic E-state index is 12.8. The van der Waals surface area contributed by atoms with Crippen LogP contribution in [0.4, 0.5) is 0 Å². The van der Waals surface area contributed by atoms with Crippen molar-refractivity contribution < 1.29 is 9.53 Å². The zero-order chi connectivity index (χ0) is 16.2. The van der Waals surface area contributed by atoms with Gasteiger partial charge >= 0.3 is 0 Å². The monoisotopic (exact) mass is 310 g/mol. The van der Waals surface area contributed by atoms with Gasteiger partial charge in [-0.15, -0.1) is 0 Å². The third-order valence-corrected chi connectivity index (χ3v) is 4.02. The molecule has 1 atom stereocenters. The second-order valence-corrected chi connectivity index (χ2v) is 6.10. The van der Waals surface area contributed by atoms with E-state index in [0.29, 0.717) is 5.56 Å². The molecule has 0 saturated carbocycles. The van der Waals surface area contributed by atoms with Crippen LogP contribution in [-0.4, -0.2) is 28.4 Å². The first-order valence-electron chi connectivity index (χ1n) is 8.14. The van der Waals surface area contributed by atoms with Gasteiger partial charge in [0.05, 0.1) is 17.8 Å². The minimum Gasteiger partial charge on any atom is -0.491 e. The largest absolute Gasteiger partial charge is 0.491 e. The molecule has 1 aliphatic heterocycles. The lowest BCUT2D eigenvalue weighted by Gasteiger charge is -2.24. The SMILES string of the molecule is CC(C)Oc1ccc(C(=O)N2CCC[C@@H]2c2ccccn2)cc1. The number of hydrogen-bond donors (Lipinski definition) is 0. The van der Waals surface area contributed by atoms with Gasteiger partial charge in [0.25, 0.3) is 5.91 Å². The molecule has 23 heavy (non-hydrogen) atoms. The fourth-order valence-electron chi connectivity index (χ4n) is 3.00. The number of hydrogen-bond acceptors (Lipinski definition) is 3. The number of benzene rings is 1. The van der Waals surface area contributed by atoms with Crippen molar-refractivity contribution in [2.75, 3.05) is 6.54 Å². The van der Waals surface area contributed by atoms with Crippen molar-refractivity contribution in [1.29, 1.82) is 0 Å². The summed E-state index contributed by atoms with van der Waals surface area (Å²) in [6, 6.07) is 13.4. The summed E-state index contributed by atoms with van der Waals surface area (Å²) >= 11 is 0. The molecule has 2 heterocycles. The Labute approximate surface area is 137 Å². The molecule has 1 aliphatic rings. The van der Waals surface area contributed by atoms with Gasteiger partial charge in [0, 0.05) is 18.3 Å². The summed E-state index contributed by atoms with van der Waals surface area (Å²) in [5, 5.41) is 0. The summed E-state index contributed by atoms with van der Waals surface area (Å²) in [6.45, 7) is 4.76. The van der Waals surface area contributed by atoms with Crippen LogP contribution in [0.2, 0.25) is 0 Å². The number of carbonyl (C=O) groups is 1. The predicted molar refractivity (Wildman–Crippen MR) is 89.5 cm³/mol.